The lowest BCUT2D eigenvalue weighted by atomic mass is 9.95. The Hall–Kier alpha value is -0.610. The molecule has 1 heterocycles. The molecule has 3 unspecified atom stereocenters. The zero-order valence-corrected chi connectivity index (χ0v) is 11.9. The third kappa shape index (κ3) is 4.58. The SMILES string of the molecule is CCC1OCCC1CNC(=O)C(CN)CC(C)C. The minimum atomic E-state index is -0.0487. The largest absolute Gasteiger partial charge is 0.378 e. The van der Waals surface area contributed by atoms with Gasteiger partial charge in [-0.1, -0.05) is 20.8 Å². The van der Waals surface area contributed by atoms with Crippen LogP contribution in [0.15, 0.2) is 0 Å². The second-order valence-electron chi connectivity index (χ2n) is 5.67. The van der Waals surface area contributed by atoms with Gasteiger partial charge in [0.05, 0.1) is 12.0 Å². The molecule has 106 valence electrons. The standard InChI is InChI=1S/C14H28N2O2/c1-4-13-11(5-6-18-13)9-16-14(17)12(8-15)7-10(2)3/h10-13H,4-9,15H2,1-3H3,(H,16,17). The number of hydrogen-bond acceptors (Lipinski definition) is 3. The van der Waals surface area contributed by atoms with E-state index in [-0.39, 0.29) is 11.8 Å². The third-order valence-electron chi connectivity index (χ3n) is 3.70. The number of ether oxygens (including phenoxy) is 1. The van der Waals surface area contributed by atoms with Gasteiger partial charge in [0.1, 0.15) is 0 Å². The quantitative estimate of drug-likeness (QED) is 0.726. The van der Waals surface area contributed by atoms with Crippen LogP contribution < -0.4 is 11.1 Å². The van der Waals surface area contributed by atoms with E-state index in [1.54, 1.807) is 0 Å². The van der Waals surface area contributed by atoms with Gasteiger partial charge in [0.15, 0.2) is 0 Å². The van der Waals surface area contributed by atoms with Gasteiger partial charge < -0.3 is 15.8 Å². The van der Waals surface area contributed by atoms with E-state index in [1.807, 2.05) is 0 Å². The van der Waals surface area contributed by atoms with Crippen molar-refractivity contribution in [3.8, 4) is 0 Å². The van der Waals surface area contributed by atoms with E-state index in [0.29, 0.717) is 24.5 Å². The minimum absolute atomic E-state index is 0.0487. The Kier molecular flexibility index (Phi) is 6.65. The van der Waals surface area contributed by atoms with Gasteiger partial charge in [0, 0.05) is 25.6 Å². The second-order valence-corrected chi connectivity index (χ2v) is 5.67. The molecule has 0 bridgehead atoms. The Labute approximate surface area is 111 Å². The van der Waals surface area contributed by atoms with Crippen LogP contribution in [0.25, 0.3) is 0 Å². The molecule has 0 saturated carbocycles. The molecule has 18 heavy (non-hydrogen) atoms. The van der Waals surface area contributed by atoms with Crippen molar-refractivity contribution < 1.29 is 9.53 Å². The second kappa shape index (κ2) is 7.74. The van der Waals surface area contributed by atoms with E-state index >= 15 is 0 Å². The summed E-state index contributed by atoms with van der Waals surface area (Å²) in [6.07, 6.45) is 3.25. The summed E-state index contributed by atoms with van der Waals surface area (Å²) >= 11 is 0. The van der Waals surface area contributed by atoms with Gasteiger partial charge in [0.2, 0.25) is 5.91 Å². The van der Waals surface area contributed by atoms with Crippen LogP contribution in [0.5, 0.6) is 0 Å². The Morgan fingerprint density at radius 2 is 2.22 bits per heavy atom. The molecule has 1 aliphatic rings. The summed E-state index contributed by atoms with van der Waals surface area (Å²) < 4.78 is 5.62. The molecule has 1 rings (SSSR count). The highest BCUT2D eigenvalue weighted by atomic mass is 16.5. The first kappa shape index (κ1) is 15.4. The van der Waals surface area contributed by atoms with Crippen LogP contribution in [0.2, 0.25) is 0 Å². The third-order valence-corrected chi connectivity index (χ3v) is 3.70. The summed E-state index contributed by atoms with van der Waals surface area (Å²) in [5.41, 5.74) is 5.67. The maximum atomic E-state index is 12.0. The average molecular weight is 256 g/mol. The molecular formula is C14H28N2O2. The van der Waals surface area contributed by atoms with Crippen molar-refractivity contribution in [2.45, 2.75) is 46.1 Å². The Bertz CT molecular complexity index is 256. The molecule has 1 aliphatic heterocycles. The van der Waals surface area contributed by atoms with Gasteiger partial charge in [-0.15, -0.1) is 0 Å². The molecule has 3 atom stereocenters. The van der Waals surface area contributed by atoms with Crippen LogP contribution in [-0.4, -0.2) is 31.7 Å². The van der Waals surface area contributed by atoms with Crippen LogP contribution in [0, 0.1) is 17.8 Å². The highest BCUT2D eigenvalue weighted by Crippen LogP contribution is 2.22. The predicted octanol–water partition coefficient (Wildman–Crippen LogP) is 1.54. The maximum Gasteiger partial charge on any atom is 0.224 e. The Balaban J connectivity index is 2.34. The number of carbonyl (C=O) groups is 1. The van der Waals surface area contributed by atoms with Gasteiger partial charge in [-0.05, 0) is 25.2 Å². The smallest absolute Gasteiger partial charge is 0.224 e. The fourth-order valence-corrected chi connectivity index (χ4v) is 2.63. The highest BCUT2D eigenvalue weighted by Gasteiger charge is 2.27. The van der Waals surface area contributed by atoms with E-state index in [4.69, 9.17) is 10.5 Å². The van der Waals surface area contributed by atoms with Crippen molar-refractivity contribution in [3.63, 3.8) is 0 Å². The van der Waals surface area contributed by atoms with Crippen molar-refractivity contribution in [2.24, 2.45) is 23.5 Å². The van der Waals surface area contributed by atoms with Gasteiger partial charge in [0.25, 0.3) is 0 Å². The maximum absolute atomic E-state index is 12.0. The van der Waals surface area contributed by atoms with Crippen LogP contribution in [0.3, 0.4) is 0 Å². The molecule has 1 saturated heterocycles. The Morgan fingerprint density at radius 1 is 1.50 bits per heavy atom. The summed E-state index contributed by atoms with van der Waals surface area (Å²) in [5.74, 6) is 1.03. The summed E-state index contributed by atoms with van der Waals surface area (Å²) in [7, 11) is 0. The normalized spacial score (nSPS) is 25.4. The molecule has 1 fully saturated rings. The van der Waals surface area contributed by atoms with Gasteiger partial charge in [-0.3, -0.25) is 4.79 Å². The summed E-state index contributed by atoms with van der Waals surface area (Å²) in [6.45, 7) is 8.35. The topological polar surface area (TPSA) is 64.3 Å². The molecule has 0 aromatic heterocycles. The number of amides is 1. The number of rotatable bonds is 7. The van der Waals surface area contributed by atoms with Gasteiger partial charge in [-0.25, -0.2) is 0 Å². The Morgan fingerprint density at radius 3 is 2.78 bits per heavy atom. The van der Waals surface area contributed by atoms with Crippen LogP contribution in [-0.2, 0) is 9.53 Å². The molecule has 1 amide bonds. The number of nitrogens with two attached hydrogens (primary N) is 1. The van der Waals surface area contributed by atoms with Crippen molar-refractivity contribution >= 4 is 5.91 Å². The average Bonchev–Trinajstić information content (AvgIpc) is 2.80. The van der Waals surface area contributed by atoms with Gasteiger partial charge >= 0.3 is 0 Å². The van der Waals surface area contributed by atoms with Crippen molar-refractivity contribution in [1.82, 2.24) is 5.32 Å². The lowest BCUT2D eigenvalue weighted by molar-refractivity contribution is -0.125. The van der Waals surface area contributed by atoms with E-state index in [0.717, 1.165) is 32.4 Å². The molecule has 4 heteroatoms. The summed E-state index contributed by atoms with van der Waals surface area (Å²) in [5, 5.41) is 3.05. The van der Waals surface area contributed by atoms with E-state index < -0.39 is 0 Å². The number of carbonyl (C=O) groups excluding carboxylic acids is 1. The number of nitrogens with one attached hydrogen (secondary N) is 1. The van der Waals surface area contributed by atoms with Crippen LogP contribution >= 0.6 is 0 Å². The zero-order valence-electron chi connectivity index (χ0n) is 11.9. The highest BCUT2D eigenvalue weighted by molar-refractivity contribution is 5.78. The molecule has 0 aromatic rings. The predicted molar refractivity (Wildman–Crippen MR) is 73.1 cm³/mol. The zero-order chi connectivity index (χ0) is 13.5. The summed E-state index contributed by atoms with van der Waals surface area (Å²) in [6, 6.07) is 0. The molecular weight excluding hydrogens is 228 g/mol. The lowest BCUT2D eigenvalue weighted by Gasteiger charge is -2.20. The fraction of sp³-hybridized carbons (Fsp3) is 0.929. The van der Waals surface area contributed by atoms with Crippen molar-refractivity contribution in [1.29, 1.82) is 0 Å². The summed E-state index contributed by atoms with van der Waals surface area (Å²) in [4.78, 5) is 12.0. The molecule has 0 radical (unpaired) electrons. The fourth-order valence-electron chi connectivity index (χ4n) is 2.63. The lowest BCUT2D eigenvalue weighted by Crippen LogP contribution is -2.39. The molecule has 0 aliphatic carbocycles. The van der Waals surface area contributed by atoms with E-state index in [1.165, 1.54) is 0 Å². The van der Waals surface area contributed by atoms with Crippen molar-refractivity contribution in [2.75, 3.05) is 19.7 Å². The molecule has 3 N–H and O–H groups in total. The van der Waals surface area contributed by atoms with Crippen LogP contribution in [0.1, 0.15) is 40.0 Å². The van der Waals surface area contributed by atoms with Crippen LogP contribution in [0.4, 0.5) is 0 Å². The van der Waals surface area contributed by atoms with E-state index in [9.17, 15) is 4.79 Å². The first-order valence-corrected chi connectivity index (χ1v) is 7.17. The number of hydrogen-bond donors (Lipinski definition) is 2. The molecule has 0 aromatic carbocycles. The monoisotopic (exact) mass is 256 g/mol. The minimum Gasteiger partial charge on any atom is -0.378 e. The first-order chi connectivity index (χ1) is 8.58. The van der Waals surface area contributed by atoms with Crippen molar-refractivity contribution in [3.05, 3.63) is 0 Å². The molecule has 0 spiro atoms. The molecule has 4 nitrogen and oxygen atoms in total. The first-order valence-electron chi connectivity index (χ1n) is 7.17. The van der Waals surface area contributed by atoms with Gasteiger partial charge in [-0.2, -0.15) is 0 Å². The van der Waals surface area contributed by atoms with E-state index in [2.05, 4.69) is 26.1 Å².